The van der Waals surface area contributed by atoms with Crippen molar-refractivity contribution in [2.75, 3.05) is 13.1 Å². The van der Waals surface area contributed by atoms with Crippen LogP contribution >= 0.6 is 0 Å². The normalized spacial score (nSPS) is 15.1. The molecule has 0 saturated heterocycles. The Morgan fingerprint density at radius 3 is 2.81 bits per heavy atom. The second kappa shape index (κ2) is 4.30. The van der Waals surface area contributed by atoms with Gasteiger partial charge in [0.15, 0.2) is 6.29 Å². The highest BCUT2D eigenvalue weighted by Crippen LogP contribution is 2.14. The molecule has 0 radical (unpaired) electrons. The fourth-order valence-corrected chi connectivity index (χ4v) is 1.86. The standard InChI is InChI=1S/C11H12N2O3/c14-7-9-2-1-8-3-5-13(11(15)16)6-4-10(8)12-9/h1-2,7H,3-6H2,(H,15,16). The van der Waals surface area contributed by atoms with Crippen LogP contribution in [0.25, 0.3) is 0 Å². The van der Waals surface area contributed by atoms with E-state index in [1.165, 1.54) is 4.90 Å². The minimum Gasteiger partial charge on any atom is -0.465 e. The first-order chi connectivity index (χ1) is 7.70. The van der Waals surface area contributed by atoms with Crippen LogP contribution in [0.1, 0.15) is 21.7 Å². The lowest BCUT2D eigenvalue weighted by atomic mass is 10.1. The monoisotopic (exact) mass is 220 g/mol. The van der Waals surface area contributed by atoms with Gasteiger partial charge in [-0.25, -0.2) is 9.78 Å². The molecule has 16 heavy (non-hydrogen) atoms. The minimum atomic E-state index is -0.900. The first-order valence-corrected chi connectivity index (χ1v) is 5.12. The SMILES string of the molecule is O=Cc1ccc2c(n1)CCN(C(=O)O)CC2. The fourth-order valence-electron chi connectivity index (χ4n) is 1.86. The summed E-state index contributed by atoms with van der Waals surface area (Å²) < 4.78 is 0. The molecular formula is C11H12N2O3. The Hall–Kier alpha value is -1.91. The van der Waals surface area contributed by atoms with Gasteiger partial charge in [0.25, 0.3) is 0 Å². The van der Waals surface area contributed by atoms with Gasteiger partial charge in [-0.15, -0.1) is 0 Å². The van der Waals surface area contributed by atoms with E-state index in [4.69, 9.17) is 5.11 Å². The average Bonchev–Trinajstić information content (AvgIpc) is 2.50. The van der Waals surface area contributed by atoms with E-state index in [2.05, 4.69) is 4.98 Å². The summed E-state index contributed by atoms with van der Waals surface area (Å²) in [6.45, 7) is 0.933. The molecule has 5 nitrogen and oxygen atoms in total. The summed E-state index contributed by atoms with van der Waals surface area (Å²) in [6.07, 6.45) is 1.04. The van der Waals surface area contributed by atoms with Crippen molar-refractivity contribution < 1.29 is 14.7 Å². The molecule has 1 aromatic heterocycles. The molecule has 84 valence electrons. The van der Waals surface area contributed by atoms with Crippen molar-refractivity contribution in [3.63, 3.8) is 0 Å². The predicted molar refractivity (Wildman–Crippen MR) is 56.6 cm³/mol. The summed E-state index contributed by atoms with van der Waals surface area (Å²) in [5.74, 6) is 0. The Morgan fingerprint density at radius 2 is 2.12 bits per heavy atom. The zero-order valence-corrected chi connectivity index (χ0v) is 8.72. The number of pyridine rings is 1. The van der Waals surface area contributed by atoms with Gasteiger partial charge in [-0.2, -0.15) is 0 Å². The molecule has 1 aromatic rings. The largest absolute Gasteiger partial charge is 0.465 e. The van der Waals surface area contributed by atoms with Gasteiger partial charge in [-0.05, 0) is 18.1 Å². The summed E-state index contributed by atoms with van der Waals surface area (Å²) in [5, 5.41) is 8.89. The predicted octanol–water partition coefficient (Wildman–Crippen LogP) is 0.973. The molecular weight excluding hydrogens is 208 g/mol. The smallest absolute Gasteiger partial charge is 0.407 e. The quantitative estimate of drug-likeness (QED) is 0.716. The van der Waals surface area contributed by atoms with Crippen molar-refractivity contribution in [1.29, 1.82) is 0 Å². The van der Waals surface area contributed by atoms with Gasteiger partial charge in [0.05, 0.1) is 0 Å². The fraction of sp³-hybridized carbons (Fsp3) is 0.364. The molecule has 0 atom stereocenters. The molecule has 0 saturated carbocycles. The minimum absolute atomic E-state index is 0.405. The highest BCUT2D eigenvalue weighted by molar-refractivity contribution is 5.71. The van der Waals surface area contributed by atoms with E-state index in [0.29, 0.717) is 37.9 Å². The summed E-state index contributed by atoms with van der Waals surface area (Å²) in [5.41, 5.74) is 2.28. The van der Waals surface area contributed by atoms with Crippen LogP contribution in [-0.4, -0.2) is 40.5 Å². The first-order valence-electron chi connectivity index (χ1n) is 5.12. The Bertz CT molecular complexity index is 431. The third-order valence-corrected chi connectivity index (χ3v) is 2.75. The number of carboxylic acid groups (broad SMARTS) is 1. The highest BCUT2D eigenvalue weighted by atomic mass is 16.4. The van der Waals surface area contributed by atoms with Crippen LogP contribution in [0.4, 0.5) is 4.79 Å². The second-order valence-electron chi connectivity index (χ2n) is 3.73. The number of rotatable bonds is 1. The van der Waals surface area contributed by atoms with Crippen molar-refractivity contribution in [3.05, 3.63) is 29.1 Å². The van der Waals surface area contributed by atoms with E-state index < -0.39 is 6.09 Å². The number of hydrogen-bond donors (Lipinski definition) is 1. The van der Waals surface area contributed by atoms with E-state index in [1.807, 2.05) is 6.07 Å². The molecule has 0 bridgehead atoms. The Balaban J connectivity index is 2.23. The molecule has 2 rings (SSSR count). The van der Waals surface area contributed by atoms with Gasteiger partial charge in [-0.3, -0.25) is 4.79 Å². The number of amides is 1. The lowest BCUT2D eigenvalue weighted by Crippen LogP contribution is -2.31. The number of aldehydes is 1. The van der Waals surface area contributed by atoms with Crippen LogP contribution in [0.5, 0.6) is 0 Å². The van der Waals surface area contributed by atoms with E-state index in [9.17, 15) is 9.59 Å². The van der Waals surface area contributed by atoms with Crippen molar-refractivity contribution in [1.82, 2.24) is 9.88 Å². The Kier molecular flexibility index (Phi) is 2.85. The van der Waals surface area contributed by atoms with Crippen molar-refractivity contribution >= 4 is 12.4 Å². The molecule has 0 unspecified atom stereocenters. The Labute approximate surface area is 92.7 Å². The van der Waals surface area contributed by atoms with Crippen LogP contribution in [0.15, 0.2) is 12.1 Å². The highest BCUT2D eigenvalue weighted by Gasteiger charge is 2.18. The first kappa shape index (κ1) is 10.6. The van der Waals surface area contributed by atoms with Gasteiger partial charge >= 0.3 is 6.09 Å². The van der Waals surface area contributed by atoms with Crippen LogP contribution in [-0.2, 0) is 12.8 Å². The maximum absolute atomic E-state index is 10.8. The van der Waals surface area contributed by atoms with Gasteiger partial charge in [0, 0.05) is 25.2 Å². The summed E-state index contributed by atoms with van der Waals surface area (Å²) in [7, 11) is 0. The molecule has 0 aliphatic carbocycles. The van der Waals surface area contributed by atoms with E-state index in [1.54, 1.807) is 6.07 Å². The molecule has 0 fully saturated rings. The van der Waals surface area contributed by atoms with Crippen molar-refractivity contribution in [3.8, 4) is 0 Å². The number of nitrogens with zero attached hydrogens (tertiary/aromatic N) is 2. The number of aromatic nitrogens is 1. The Morgan fingerprint density at radius 1 is 1.38 bits per heavy atom. The summed E-state index contributed by atoms with van der Waals surface area (Å²) in [6, 6.07) is 3.53. The van der Waals surface area contributed by atoms with E-state index in [-0.39, 0.29) is 0 Å². The number of carbonyl (C=O) groups excluding carboxylic acids is 1. The number of hydrogen-bond acceptors (Lipinski definition) is 3. The maximum Gasteiger partial charge on any atom is 0.407 e. The molecule has 1 N–H and O–H groups in total. The third kappa shape index (κ3) is 2.03. The maximum atomic E-state index is 10.8. The van der Waals surface area contributed by atoms with Crippen LogP contribution in [0.2, 0.25) is 0 Å². The van der Waals surface area contributed by atoms with Crippen LogP contribution in [0.3, 0.4) is 0 Å². The van der Waals surface area contributed by atoms with E-state index in [0.717, 1.165) is 11.3 Å². The molecule has 5 heteroatoms. The molecule has 0 aromatic carbocycles. The average molecular weight is 220 g/mol. The topological polar surface area (TPSA) is 70.5 Å². The lowest BCUT2D eigenvalue weighted by Gasteiger charge is -2.14. The summed E-state index contributed by atoms with van der Waals surface area (Å²) in [4.78, 5) is 27.0. The zero-order chi connectivity index (χ0) is 11.5. The third-order valence-electron chi connectivity index (χ3n) is 2.75. The van der Waals surface area contributed by atoms with Gasteiger partial charge in [0.1, 0.15) is 5.69 Å². The molecule has 2 heterocycles. The molecule has 1 aliphatic heterocycles. The van der Waals surface area contributed by atoms with Crippen molar-refractivity contribution in [2.45, 2.75) is 12.8 Å². The second-order valence-corrected chi connectivity index (χ2v) is 3.73. The number of carbonyl (C=O) groups is 2. The lowest BCUT2D eigenvalue weighted by molar-refractivity contribution is 0.111. The van der Waals surface area contributed by atoms with Gasteiger partial charge in [-0.1, -0.05) is 6.07 Å². The molecule has 1 aliphatic rings. The zero-order valence-electron chi connectivity index (χ0n) is 8.72. The van der Waals surface area contributed by atoms with Crippen molar-refractivity contribution in [2.24, 2.45) is 0 Å². The van der Waals surface area contributed by atoms with Gasteiger partial charge < -0.3 is 10.0 Å². The van der Waals surface area contributed by atoms with E-state index >= 15 is 0 Å². The molecule has 0 spiro atoms. The summed E-state index contributed by atoms with van der Waals surface area (Å²) >= 11 is 0. The van der Waals surface area contributed by atoms with Crippen LogP contribution < -0.4 is 0 Å². The van der Waals surface area contributed by atoms with Gasteiger partial charge in [0.2, 0.25) is 0 Å². The van der Waals surface area contributed by atoms with Crippen LogP contribution in [0, 0.1) is 0 Å². The molecule has 1 amide bonds. The number of fused-ring (bicyclic) bond motifs is 1.